The summed E-state index contributed by atoms with van der Waals surface area (Å²) in [7, 11) is 0. The fraction of sp³-hybridized carbons (Fsp3) is 0.438. The van der Waals surface area contributed by atoms with Crippen molar-refractivity contribution < 1.29 is 14.3 Å². The molecular formula is C16H20N6O3. The smallest absolute Gasteiger partial charge is 0.315 e. The van der Waals surface area contributed by atoms with Crippen molar-refractivity contribution in [3.63, 3.8) is 0 Å². The maximum absolute atomic E-state index is 11.7. The van der Waals surface area contributed by atoms with Gasteiger partial charge in [0, 0.05) is 12.3 Å². The summed E-state index contributed by atoms with van der Waals surface area (Å²) in [6.07, 6.45) is 3.36. The number of fused-ring (bicyclic) bond motifs is 1. The molecule has 0 aliphatic carbocycles. The van der Waals surface area contributed by atoms with Gasteiger partial charge in [0.25, 0.3) is 5.91 Å². The average molecular weight is 344 g/mol. The van der Waals surface area contributed by atoms with E-state index in [2.05, 4.69) is 27.4 Å². The molecule has 0 aromatic carbocycles. The van der Waals surface area contributed by atoms with E-state index in [1.807, 2.05) is 6.92 Å². The standard InChI is InChI=1S/C16H20N6O3/c1-4-6-11-9-17-16(10(3)18-11)12-7-14-21(19-12)22(14)20-13(23)8-15(24)25-5-2/h7,9H,4-6,8H2,1-3H3,(H,20,23). The highest BCUT2D eigenvalue weighted by atomic mass is 16.5. The Kier molecular flexibility index (Phi) is 4.64. The maximum atomic E-state index is 11.7. The molecule has 3 heterocycles. The van der Waals surface area contributed by atoms with E-state index in [0.717, 1.165) is 29.9 Å². The van der Waals surface area contributed by atoms with E-state index in [9.17, 15) is 9.59 Å². The van der Waals surface area contributed by atoms with Crippen LogP contribution in [0.4, 0.5) is 5.82 Å². The highest BCUT2D eigenvalue weighted by molar-refractivity contribution is 5.95. The molecule has 1 N–H and O–H groups in total. The first kappa shape index (κ1) is 16.9. The number of hydrazine groups is 1. The summed E-state index contributed by atoms with van der Waals surface area (Å²) < 4.78 is 4.73. The van der Waals surface area contributed by atoms with Crippen LogP contribution in [0, 0.1) is 6.92 Å². The summed E-state index contributed by atoms with van der Waals surface area (Å²) in [4.78, 5) is 33.5. The molecule has 25 heavy (non-hydrogen) atoms. The number of rotatable bonds is 7. The molecule has 0 radical (unpaired) electrons. The molecule has 0 bridgehead atoms. The molecular weight excluding hydrogens is 324 g/mol. The third kappa shape index (κ3) is 3.59. The van der Waals surface area contributed by atoms with Gasteiger partial charge in [-0.15, -0.1) is 15.0 Å². The Morgan fingerprint density at radius 1 is 1.32 bits per heavy atom. The molecule has 0 spiro atoms. The number of esters is 1. The maximum Gasteiger partial charge on any atom is 0.315 e. The first-order valence-electron chi connectivity index (χ1n) is 8.22. The van der Waals surface area contributed by atoms with E-state index in [4.69, 9.17) is 4.74 Å². The van der Waals surface area contributed by atoms with E-state index in [1.54, 1.807) is 19.2 Å². The van der Waals surface area contributed by atoms with E-state index in [0.29, 0.717) is 11.5 Å². The molecule has 0 saturated heterocycles. The molecule has 132 valence electrons. The Morgan fingerprint density at radius 3 is 2.72 bits per heavy atom. The zero-order valence-electron chi connectivity index (χ0n) is 14.4. The second kappa shape index (κ2) is 6.88. The van der Waals surface area contributed by atoms with Crippen LogP contribution in [0.15, 0.2) is 12.3 Å². The quantitative estimate of drug-likeness (QED) is 0.457. The predicted molar refractivity (Wildman–Crippen MR) is 89.3 cm³/mol. The van der Waals surface area contributed by atoms with Gasteiger partial charge in [-0.1, -0.05) is 13.3 Å². The third-order valence-corrected chi connectivity index (χ3v) is 3.63. The number of aromatic nitrogens is 4. The van der Waals surface area contributed by atoms with Crippen molar-refractivity contribution in [1.82, 2.24) is 25.3 Å². The minimum absolute atomic E-state index is 0.248. The second-order valence-corrected chi connectivity index (χ2v) is 5.65. The lowest BCUT2D eigenvalue weighted by Gasteiger charge is -2.07. The number of amides is 1. The van der Waals surface area contributed by atoms with Crippen molar-refractivity contribution in [3.05, 3.63) is 23.7 Å². The monoisotopic (exact) mass is 344 g/mol. The van der Waals surface area contributed by atoms with Crippen molar-refractivity contribution in [2.45, 2.75) is 40.0 Å². The molecule has 9 nitrogen and oxygen atoms in total. The van der Waals surface area contributed by atoms with Crippen molar-refractivity contribution in [2.24, 2.45) is 0 Å². The van der Waals surface area contributed by atoms with Crippen molar-refractivity contribution in [1.29, 1.82) is 0 Å². The Labute approximate surface area is 145 Å². The summed E-state index contributed by atoms with van der Waals surface area (Å²) in [6.45, 7) is 5.94. The fourth-order valence-electron chi connectivity index (χ4n) is 2.50. The van der Waals surface area contributed by atoms with Crippen LogP contribution >= 0.6 is 0 Å². The van der Waals surface area contributed by atoms with Gasteiger partial charge in [0.2, 0.25) is 0 Å². The topological polar surface area (TPSA) is 102 Å². The number of nitrogens with zero attached hydrogens (tertiary/aromatic N) is 5. The van der Waals surface area contributed by atoms with E-state index < -0.39 is 11.9 Å². The minimum atomic E-state index is -0.557. The Bertz CT molecular complexity index is 795. The molecule has 3 rings (SSSR count). The molecule has 1 aliphatic rings. The lowest BCUT2D eigenvalue weighted by Crippen LogP contribution is -2.36. The summed E-state index contributed by atoms with van der Waals surface area (Å²) >= 11 is 0. The third-order valence-electron chi connectivity index (χ3n) is 3.63. The summed E-state index contributed by atoms with van der Waals surface area (Å²) in [6, 6.07) is 1.81. The zero-order chi connectivity index (χ0) is 18.0. The van der Waals surface area contributed by atoms with Crippen LogP contribution in [0.25, 0.3) is 11.4 Å². The van der Waals surface area contributed by atoms with Crippen LogP contribution in [0.1, 0.15) is 38.1 Å². The van der Waals surface area contributed by atoms with E-state index in [1.165, 1.54) is 9.91 Å². The Hall–Kier alpha value is -2.97. The largest absolute Gasteiger partial charge is 0.466 e. The molecule has 0 saturated carbocycles. The molecule has 9 heteroatoms. The second-order valence-electron chi connectivity index (χ2n) is 5.65. The van der Waals surface area contributed by atoms with Crippen molar-refractivity contribution in [2.75, 3.05) is 11.7 Å². The summed E-state index contributed by atoms with van der Waals surface area (Å²) in [5.41, 5.74) is 5.77. The molecule has 1 amide bonds. The molecule has 2 aromatic heterocycles. The predicted octanol–water partition coefficient (Wildman–Crippen LogP) is 1.17. The number of aryl methyl sites for hydroxylation is 2. The molecule has 0 atom stereocenters. The van der Waals surface area contributed by atoms with Gasteiger partial charge in [0.05, 0.1) is 18.0 Å². The number of hydrogen-bond donors (Lipinski definition) is 1. The lowest BCUT2D eigenvalue weighted by molar-refractivity contribution is -0.145. The normalized spacial score (nSPS) is 11.9. The number of anilines is 1. The average Bonchev–Trinajstić information content (AvgIpc) is 2.99. The highest BCUT2D eigenvalue weighted by Crippen LogP contribution is 2.33. The van der Waals surface area contributed by atoms with Gasteiger partial charge in [-0.2, -0.15) is 0 Å². The molecule has 2 aromatic rings. The van der Waals surface area contributed by atoms with Gasteiger partial charge >= 0.3 is 5.97 Å². The van der Waals surface area contributed by atoms with Crippen molar-refractivity contribution >= 4 is 17.7 Å². The van der Waals surface area contributed by atoms with Crippen LogP contribution < -0.4 is 10.5 Å². The number of carbonyl (C=O) groups excluding carboxylic acids is 2. The van der Waals surface area contributed by atoms with Gasteiger partial charge < -0.3 is 4.74 Å². The van der Waals surface area contributed by atoms with Gasteiger partial charge in [-0.25, -0.2) is 5.43 Å². The van der Waals surface area contributed by atoms with Crippen LogP contribution in [-0.2, 0) is 20.7 Å². The van der Waals surface area contributed by atoms with Gasteiger partial charge in [0.1, 0.15) is 17.8 Å². The molecule has 0 fully saturated rings. The summed E-state index contributed by atoms with van der Waals surface area (Å²) in [5, 5.41) is 5.83. The van der Waals surface area contributed by atoms with Crippen LogP contribution in [0.5, 0.6) is 0 Å². The number of ether oxygens (including phenoxy) is 1. The van der Waals surface area contributed by atoms with Crippen LogP contribution in [0.3, 0.4) is 0 Å². The first-order valence-corrected chi connectivity index (χ1v) is 8.22. The number of nitrogens with one attached hydrogen (secondary N) is 1. The lowest BCUT2D eigenvalue weighted by atomic mass is 10.2. The Morgan fingerprint density at radius 2 is 2.12 bits per heavy atom. The molecule has 0 unspecified atom stereocenters. The van der Waals surface area contributed by atoms with Gasteiger partial charge in [-0.3, -0.25) is 19.6 Å². The van der Waals surface area contributed by atoms with Crippen LogP contribution in [0.2, 0.25) is 0 Å². The van der Waals surface area contributed by atoms with Crippen molar-refractivity contribution in [3.8, 4) is 11.4 Å². The molecule has 1 aliphatic heterocycles. The zero-order valence-corrected chi connectivity index (χ0v) is 14.4. The summed E-state index contributed by atoms with van der Waals surface area (Å²) in [5.74, 6) is -0.297. The highest BCUT2D eigenvalue weighted by Gasteiger charge is 2.35. The van der Waals surface area contributed by atoms with Gasteiger partial charge in [0.15, 0.2) is 5.82 Å². The van der Waals surface area contributed by atoms with Gasteiger partial charge in [-0.05, 0) is 20.3 Å². The first-order chi connectivity index (χ1) is 12.0. The van der Waals surface area contributed by atoms with E-state index >= 15 is 0 Å². The SMILES string of the molecule is CCCc1cnc(-c2cc3n(n2)N3NC(=O)CC(=O)OCC)c(C)n1. The fourth-order valence-corrected chi connectivity index (χ4v) is 2.50. The number of carbonyl (C=O) groups is 2. The Balaban J connectivity index is 1.61. The number of hydrogen-bond acceptors (Lipinski definition) is 7. The minimum Gasteiger partial charge on any atom is -0.466 e. The van der Waals surface area contributed by atoms with Crippen LogP contribution in [-0.4, -0.2) is 38.3 Å². The van der Waals surface area contributed by atoms with E-state index in [-0.39, 0.29) is 13.0 Å².